The molecule has 1 amide bonds. The van der Waals surface area contributed by atoms with Gasteiger partial charge in [0.15, 0.2) is 0 Å². The highest BCUT2D eigenvalue weighted by Gasteiger charge is 2.44. The van der Waals surface area contributed by atoms with Gasteiger partial charge in [-0.15, -0.1) is 0 Å². The minimum atomic E-state index is -0.483. The van der Waals surface area contributed by atoms with Crippen molar-refractivity contribution in [1.82, 2.24) is 10.2 Å². The fourth-order valence-electron chi connectivity index (χ4n) is 2.44. The molecule has 1 aliphatic carbocycles. The van der Waals surface area contributed by atoms with Crippen molar-refractivity contribution in [3.63, 3.8) is 0 Å². The Labute approximate surface area is 92.2 Å². The second-order valence-corrected chi connectivity index (χ2v) is 5.11. The van der Waals surface area contributed by atoms with Crippen LogP contribution in [0.25, 0.3) is 0 Å². The smallest absolute Gasteiger partial charge is 0.237 e. The molecule has 0 bridgehead atoms. The van der Waals surface area contributed by atoms with Crippen LogP contribution in [0.1, 0.15) is 33.1 Å². The standard InChI is InChI=1S/C11H23N3O/c1-8(2)13-11(10(12)15)6-5-9(7-11)14(3)4/h8-9,13H,5-7H2,1-4H3,(H2,12,15). The second-order valence-electron chi connectivity index (χ2n) is 5.11. The number of hydrogen-bond donors (Lipinski definition) is 2. The van der Waals surface area contributed by atoms with Gasteiger partial charge < -0.3 is 16.0 Å². The maximum Gasteiger partial charge on any atom is 0.237 e. The summed E-state index contributed by atoms with van der Waals surface area (Å²) in [5, 5.41) is 3.34. The summed E-state index contributed by atoms with van der Waals surface area (Å²) in [6, 6.07) is 0.752. The Hall–Kier alpha value is -0.610. The van der Waals surface area contributed by atoms with Gasteiger partial charge in [0.1, 0.15) is 0 Å². The Bertz CT molecular complexity index is 240. The molecule has 0 heterocycles. The van der Waals surface area contributed by atoms with E-state index in [0.29, 0.717) is 12.1 Å². The molecule has 15 heavy (non-hydrogen) atoms. The Balaban J connectivity index is 2.73. The number of hydrogen-bond acceptors (Lipinski definition) is 3. The minimum Gasteiger partial charge on any atom is -0.368 e. The minimum absolute atomic E-state index is 0.208. The van der Waals surface area contributed by atoms with Gasteiger partial charge in [0.25, 0.3) is 0 Å². The first kappa shape index (κ1) is 12.5. The van der Waals surface area contributed by atoms with E-state index in [1.807, 2.05) is 13.8 Å². The molecule has 0 aliphatic heterocycles. The van der Waals surface area contributed by atoms with E-state index in [0.717, 1.165) is 19.3 Å². The van der Waals surface area contributed by atoms with E-state index in [9.17, 15) is 4.79 Å². The summed E-state index contributed by atoms with van der Waals surface area (Å²) in [4.78, 5) is 13.7. The number of nitrogens with two attached hydrogens (primary N) is 1. The molecule has 0 radical (unpaired) electrons. The highest BCUT2D eigenvalue weighted by molar-refractivity contribution is 5.85. The number of nitrogens with zero attached hydrogens (tertiary/aromatic N) is 1. The van der Waals surface area contributed by atoms with Gasteiger partial charge in [-0.1, -0.05) is 0 Å². The molecule has 0 aromatic heterocycles. The lowest BCUT2D eigenvalue weighted by Crippen LogP contribution is -2.56. The summed E-state index contributed by atoms with van der Waals surface area (Å²) in [5.74, 6) is -0.208. The molecule has 3 N–H and O–H groups in total. The molecule has 1 aliphatic rings. The zero-order valence-corrected chi connectivity index (χ0v) is 10.2. The zero-order chi connectivity index (χ0) is 11.6. The van der Waals surface area contributed by atoms with Gasteiger partial charge in [0, 0.05) is 12.1 Å². The van der Waals surface area contributed by atoms with Crippen molar-refractivity contribution >= 4 is 5.91 Å². The fourth-order valence-corrected chi connectivity index (χ4v) is 2.44. The summed E-state index contributed by atoms with van der Waals surface area (Å²) in [7, 11) is 4.11. The van der Waals surface area contributed by atoms with Gasteiger partial charge in [0.2, 0.25) is 5.91 Å². The van der Waals surface area contributed by atoms with Gasteiger partial charge in [-0.3, -0.25) is 4.79 Å². The number of amides is 1. The summed E-state index contributed by atoms with van der Waals surface area (Å²) < 4.78 is 0. The molecule has 0 spiro atoms. The normalized spacial score (nSPS) is 31.5. The average molecular weight is 213 g/mol. The van der Waals surface area contributed by atoms with E-state index in [4.69, 9.17) is 5.73 Å². The maximum atomic E-state index is 11.6. The third kappa shape index (κ3) is 2.69. The molecule has 1 saturated carbocycles. The summed E-state index contributed by atoms with van der Waals surface area (Å²) in [6.07, 6.45) is 2.71. The molecule has 2 unspecified atom stereocenters. The lowest BCUT2D eigenvalue weighted by molar-refractivity contribution is -0.124. The van der Waals surface area contributed by atoms with Gasteiger partial charge >= 0.3 is 0 Å². The van der Waals surface area contributed by atoms with Crippen LogP contribution in [0.15, 0.2) is 0 Å². The predicted molar refractivity (Wildman–Crippen MR) is 61.5 cm³/mol. The van der Waals surface area contributed by atoms with Crippen molar-refractivity contribution < 1.29 is 4.79 Å². The van der Waals surface area contributed by atoms with Crippen molar-refractivity contribution in [3.05, 3.63) is 0 Å². The lowest BCUT2D eigenvalue weighted by Gasteiger charge is -2.30. The highest BCUT2D eigenvalue weighted by Crippen LogP contribution is 2.32. The summed E-state index contributed by atoms with van der Waals surface area (Å²) >= 11 is 0. The van der Waals surface area contributed by atoms with Gasteiger partial charge in [-0.05, 0) is 47.2 Å². The molecule has 1 rings (SSSR count). The molecular formula is C11H23N3O. The van der Waals surface area contributed by atoms with E-state index in [1.54, 1.807) is 0 Å². The van der Waals surface area contributed by atoms with Crippen molar-refractivity contribution in [2.45, 2.75) is 50.7 Å². The topological polar surface area (TPSA) is 58.4 Å². The monoisotopic (exact) mass is 213 g/mol. The summed E-state index contributed by atoms with van der Waals surface area (Å²) in [5.41, 5.74) is 5.04. The predicted octanol–water partition coefficient (Wildman–Crippen LogP) is 0.323. The number of carbonyl (C=O) groups excluding carboxylic acids is 1. The number of carbonyl (C=O) groups is 1. The van der Waals surface area contributed by atoms with E-state index >= 15 is 0 Å². The van der Waals surface area contributed by atoms with Crippen molar-refractivity contribution in [2.24, 2.45) is 5.73 Å². The maximum absolute atomic E-state index is 11.6. The average Bonchev–Trinajstić information content (AvgIpc) is 2.48. The zero-order valence-electron chi connectivity index (χ0n) is 10.2. The molecule has 0 aromatic carbocycles. The largest absolute Gasteiger partial charge is 0.368 e. The first-order valence-electron chi connectivity index (χ1n) is 5.61. The number of nitrogens with one attached hydrogen (secondary N) is 1. The van der Waals surface area contributed by atoms with Gasteiger partial charge in [-0.2, -0.15) is 0 Å². The van der Waals surface area contributed by atoms with Crippen LogP contribution in [0.2, 0.25) is 0 Å². The van der Waals surface area contributed by atoms with Crippen LogP contribution in [0, 0.1) is 0 Å². The highest BCUT2D eigenvalue weighted by atomic mass is 16.1. The van der Waals surface area contributed by atoms with Crippen molar-refractivity contribution in [3.8, 4) is 0 Å². The second kappa shape index (κ2) is 4.49. The van der Waals surface area contributed by atoms with Crippen LogP contribution in [0.3, 0.4) is 0 Å². The molecule has 1 fully saturated rings. The Morgan fingerprint density at radius 1 is 1.53 bits per heavy atom. The fraction of sp³-hybridized carbons (Fsp3) is 0.909. The third-order valence-corrected chi connectivity index (χ3v) is 3.26. The Kier molecular flexibility index (Phi) is 3.73. The number of primary amides is 1. The van der Waals surface area contributed by atoms with Crippen molar-refractivity contribution in [2.75, 3.05) is 14.1 Å². The van der Waals surface area contributed by atoms with Crippen LogP contribution >= 0.6 is 0 Å². The van der Waals surface area contributed by atoms with Crippen molar-refractivity contribution in [1.29, 1.82) is 0 Å². The van der Waals surface area contributed by atoms with Gasteiger partial charge in [-0.25, -0.2) is 0 Å². The molecule has 2 atom stereocenters. The molecule has 0 saturated heterocycles. The summed E-state index contributed by atoms with van der Waals surface area (Å²) in [6.45, 7) is 4.10. The molecule has 4 nitrogen and oxygen atoms in total. The number of rotatable bonds is 4. The van der Waals surface area contributed by atoms with E-state index in [1.165, 1.54) is 0 Å². The molecule has 0 aromatic rings. The molecule has 4 heteroatoms. The van der Waals surface area contributed by atoms with E-state index < -0.39 is 5.54 Å². The Morgan fingerprint density at radius 2 is 2.13 bits per heavy atom. The first-order chi connectivity index (χ1) is 6.87. The van der Waals surface area contributed by atoms with Gasteiger partial charge in [0.05, 0.1) is 5.54 Å². The van der Waals surface area contributed by atoms with Crippen LogP contribution < -0.4 is 11.1 Å². The third-order valence-electron chi connectivity index (χ3n) is 3.26. The van der Waals surface area contributed by atoms with E-state index in [2.05, 4.69) is 24.3 Å². The molecule has 88 valence electrons. The van der Waals surface area contributed by atoms with Crippen LogP contribution in [0.5, 0.6) is 0 Å². The SMILES string of the molecule is CC(C)NC1(C(N)=O)CCC(N(C)C)C1. The van der Waals surface area contributed by atoms with Crippen LogP contribution in [0.4, 0.5) is 0 Å². The quantitative estimate of drug-likeness (QED) is 0.707. The van der Waals surface area contributed by atoms with Crippen LogP contribution in [-0.4, -0.2) is 42.5 Å². The first-order valence-corrected chi connectivity index (χ1v) is 5.61. The lowest BCUT2D eigenvalue weighted by atomic mass is 9.95. The van der Waals surface area contributed by atoms with E-state index in [-0.39, 0.29) is 5.91 Å². The van der Waals surface area contributed by atoms with Crippen LogP contribution in [-0.2, 0) is 4.79 Å². The Morgan fingerprint density at radius 3 is 2.47 bits per heavy atom. The molecular weight excluding hydrogens is 190 g/mol.